The van der Waals surface area contributed by atoms with Crippen molar-refractivity contribution < 1.29 is 28.7 Å². The van der Waals surface area contributed by atoms with Crippen LogP contribution in [0.1, 0.15) is 121 Å². The van der Waals surface area contributed by atoms with Crippen molar-refractivity contribution in [3.8, 4) is 17.6 Å². The summed E-state index contributed by atoms with van der Waals surface area (Å²) in [5, 5.41) is 84.8. The van der Waals surface area contributed by atoms with Crippen LogP contribution in [-0.2, 0) is 62.6 Å². The van der Waals surface area contributed by atoms with Gasteiger partial charge in [0.2, 0.25) is 0 Å². The van der Waals surface area contributed by atoms with Gasteiger partial charge in [-0.15, -0.1) is 0 Å². The van der Waals surface area contributed by atoms with Gasteiger partial charge in [0.25, 0.3) is 5.91 Å². The van der Waals surface area contributed by atoms with Gasteiger partial charge in [0, 0.05) is 22.3 Å². The summed E-state index contributed by atoms with van der Waals surface area (Å²) in [6.45, 7) is 1.98. The first-order valence-corrected chi connectivity index (χ1v) is 55.7. The Bertz CT molecular complexity index is 5110. The summed E-state index contributed by atoms with van der Waals surface area (Å²) in [5.41, 5.74) is 57.4. The Balaban J connectivity index is 0.000000266. The van der Waals surface area contributed by atoms with E-state index in [0.29, 0.717) is 80.1 Å². The Labute approximate surface area is 808 Å². The molecule has 9 aromatic carbocycles. The molecule has 124 heavy (non-hydrogen) atoms. The van der Waals surface area contributed by atoms with Gasteiger partial charge in [0.15, 0.2) is 5.17 Å². The summed E-state index contributed by atoms with van der Waals surface area (Å²) in [6.07, 6.45) is 2.45. The predicted molar refractivity (Wildman–Crippen MR) is 523 cm³/mol. The Kier molecular flexibility index (Phi) is 50.0. The standard InChI is InChI=1S/C17H15BrN4OSe.C17H18BrN3O2S.C17H18BrN3O2Se.C13H16BrN3OSe.C10H13ClN4Se2.C10H14N4Se2/c18-14-6-5-13(10-24-17(20)21)15(7-14)16(23)22-9-12-3-1-11(8-19)2-4-12;2*1-23-14-4-2-3-11(7-14)9-21-16(22)15-6-5-13(18)8-12(15)10-24-17(19)20;14-10-3-4-11(9(5-10)7-19-13(15)16)12(18)17-6-8-1-2-8;11-8-2-1-6(4-16-9(12)13)7(3-8)5-17-10(14)15;11-9(12)15-5-7-3-1-2-4-8(7)6-16-10(13)14/h1-7H,9-10H2,(H3,20,21)(H,22,23);2*2-8H,9-10H2,1H3,(H3,19,20)(H,21,22);3-5,8H,1-2,6-7H2,(H3,15,16)(H,17,18);1-3H,4-5H2,(H3,12,13)(H3,14,15);1-4H,5-6H2,(H3,11,12)(H3,13,14). The Morgan fingerprint density at radius 3 is 1.15 bits per heavy atom. The van der Waals surface area contributed by atoms with Crippen LogP contribution in [0.4, 0.5) is 0 Å². The average Bonchev–Trinajstić information content (AvgIpc) is 0.991. The number of nitrogens with two attached hydrogens (primary N) is 8. The van der Waals surface area contributed by atoms with E-state index in [1.54, 1.807) is 44.6 Å². The summed E-state index contributed by atoms with van der Waals surface area (Å²) in [5.74, 6) is 2.16. The predicted octanol–water partition coefficient (Wildman–Crippen LogP) is 10.5. The second-order valence-electron chi connectivity index (χ2n) is 25.8. The van der Waals surface area contributed by atoms with E-state index in [9.17, 15) is 19.2 Å². The van der Waals surface area contributed by atoms with Gasteiger partial charge in [-0.3, -0.25) is 10.2 Å². The summed E-state index contributed by atoms with van der Waals surface area (Å²) in [4.78, 5) is 49.7. The van der Waals surface area contributed by atoms with E-state index in [-0.39, 0.29) is 167 Å². The van der Waals surface area contributed by atoms with Gasteiger partial charge < -0.3 is 15.8 Å². The number of ether oxygens (including phenoxy) is 2. The van der Waals surface area contributed by atoms with E-state index in [0.717, 1.165) is 107 Å². The number of carbonyl (C=O) groups excluding carboxylic acids is 4. The third-order valence-corrected chi connectivity index (χ3v) is 30.8. The number of halogens is 5. The fourth-order valence-electron chi connectivity index (χ4n) is 10.3. The monoisotopic (exact) mass is 2430 g/mol. The van der Waals surface area contributed by atoms with Crippen LogP contribution in [0.15, 0.2) is 206 Å². The summed E-state index contributed by atoms with van der Waals surface area (Å²) < 4.78 is 15.5. The zero-order chi connectivity index (χ0) is 91.2. The zero-order valence-corrected chi connectivity index (χ0v) is 87.0. The molecule has 0 saturated heterocycles. The summed E-state index contributed by atoms with van der Waals surface area (Å²) in [6, 6.07) is 60.3. The van der Waals surface area contributed by atoms with Crippen molar-refractivity contribution in [1.82, 2.24) is 21.3 Å². The van der Waals surface area contributed by atoms with E-state index in [1.165, 1.54) is 35.7 Å². The molecule has 10 rings (SSSR count). The number of hydrogen-bond acceptors (Lipinski definition) is 16. The van der Waals surface area contributed by atoms with Gasteiger partial charge in [-0.1, -0.05) is 39.8 Å². The topological polar surface area (TPSA) is 558 Å². The molecule has 0 spiro atoms. The molecule has 0 unspecified atom stereocenters. The van der Waals surface area contributed by atoms with Crippen LogP contribution < -0.4 is 76.6 Å². The van der Waals surface area contributed by atoms with Crippen LogP contribution in [-0.4, -0.2) is 187 Å². The normalized spacial score (nSPS) is 10.8. The quantitative estimate of drug-likeness (QED) is 0.00977. The van der Waals surface area contributed by atoms with Crippen LogP contribution in [0, 0.1) is 60.5 Å². The Hall–Kier alpha value is -8.09. The van der Waals surface area contributed by atoms with Gasteiger partial charge in [-0.2, -0.15) is 0 Å². The van der Waals surface area contributed by atoms with Crippen molar-refractivity contribution in [2.24, 2.45) is 51.8 Å². The number of benzene rings is 9. The van der Waals surface area contributed by atoms with Gasteiger partial charge in [0.05, 0.1) is 7.11 Å². The second kappa shape index (κ2) is 58.3. The van der Waals surface area contributed by atoms with Gasteiger partial charge in [-0.05, 0) is 41.5 Å². The molecule has 9 aromatic rings. The number of methoxy groups -OCH3 is 2. The van der Waals surface area contributed by atoms with Crippen LogP contribution in [0.25, 0.3) is 0 Å². The molecule has 1 fully saturated rings. The van der Waals surface area contributed by atoms with Gasteiger partial charge in [0.1, 0.15) is 5.75 Å². The first kappa shape index (κ1) is 106. The molecule has 4 amide bonds. The van der Waals surface area contributed by atoms with Crippen molar-refractivity contribution in [1.29, 1.82) is 48.5 Å². The molecule has 0 aromatic heterocycles. The number of amides is 4. The van der Waals surface area contributed by atoms with Crippen LogP contribution in [0.3, 0.4) is 0 Å². The van der Waals surface area contributed by atoms with E-state index in [2.05, 4.69) is 103 Å². The molecule has 1 aliphatic carbocycles. The number of hydrogen-bond donors (Lipinski definition) is 20. The molecule has 40 heteroatoms. The maximum absolute atomic E-state index is 12.5. The van der Waals surface area contributed by atoms with Crippen molar-refractivity contribution in [2.75, 3.05) is 20.8 Å². The molecule has 0 atom stereocenters. The number of nitrogens with zero attached hydrogens (tertiary/aromatic N) is 1. The number of rotatable bonds is 37. The molecular formula is C84H94Br4ClN21O6SSe7. The molecule has 0 bridgehead atoms. The summed E-state index contributed by atoms with van der Waals surface area (Å²) >= 11 is 20.4. The van der Waals surface area contributed by atoms with E-state index < -0.39 is 0 Å². The van der Waals surface area contributed by atoms with Crippen molar-refractivity contribution in [3.63, 3.8) is 0 Å². The second-order valence-corrected chi connectivity index (χ2v) is 45.9. The van der Waals surface area contributed by atoms with Crippen molar-refractivity contribution >= 4 is 254 Å². The molecule has 0 radical (unpaired) electrons. The molecule has 654 valence electrons. The van der Waals surface area contributed by atoms with Crippen molar-refractivity contribution in [2.45, 2.75) is 75.5 Å². The van der Waals surface area contributed by atoms with Crippen LogP contribution in [0.5, 0.6) is 11.5 Å². The molecule has 1 saturated carbocycles. The van der Waals surface area contributed by atoms with E-state index in [4.69, 9.17) is 115 Å². The van der Waals surface area contributed by atoms with Crippen LogP contribution in [0.2, 0.25) is 5.02 Å². The number of nitriles is 1. The fourth-order valence-corrected chi connectivity index (χ4v) is 21.1. The third kappa shape index (κ3) is 43.4. The third-order valence-electron chi connectivity index (χ3n) is 16.6. The number of nitrogens with one attached hydrogen (secondary N) is 12. The van der Waals surface area contributed by atoms with Gasteiger partial charge >= 0.3 is 664 Å². The van der Waals surface area contributed by atoms with E-state index >= 15 is 0 Å². The SMILES string of the molecule is COc1cccc(CNC(=O)c2ccc(Br)cc2CSC(=N)N)c1.COc1cccc(CNC(=O)c2ccc(Br)cc2C[Se]C(=N)N)c1.N#Cc1ccc(CNC(=O)c2cc(Br)ccc2C[Se]C(=N)N)cc1.N=C(N)[Se]Cc1cc(Br)ccc1C(=O)NCC1CC1.N=C(N)[Se]Cc1ccc(Cl)cc1C[Se]C(=N)N.N=C(N)[Se]Cc1ccccc1C[Se]C(=N)N. The Morgan fingerprint density at radius 2 is 0.742 bits per heavy atom. The molecule has 0 aliphatic heterocycles. The van der Waals surface area contributed by atoms with Gasteiger partial charge in [-0.25, -0.2) is 0 Å². The average molecular weight is 2430 g/mol. The zero-order valence-electron chi connectivity index (χ0n) is 67.0. The first-order chi connectivity index (χ1) is 59.1. The van der Waals surface area contributed by atoms with Crippen LogP contribution >= 0.6 is 87.1 Å². The van der Waals surface area contributed by atoms with E-state index in [1.807, 2.05) is 146 Å². The Morgan fingerprint density at radius 1 is 0.395 bits per heavy atom. The number of thioether (sulfide) groups is 1. The fraction of sp³-hybridized carbons (Fsp3) is 0.202. The summed E-state index contributed by atoms with van der Waals surface area (Å²) in [7, 11) is 3.22. The number of amidine groups is 8. The first-order valence-electron chi connectivity index (χ1n) is 36.7. The maximum atomic E-state index is 12.5. The number of carbonyl (C=O) groups is 4. The minimum atomic E-state index is -0.171. The molecule has 1 aliphatic rings. The van der Waals surface area contributed by atoms with Crippen molar-refractivity contribution in [3.05, 3.63) is 300 Å². The molecule has 27 nitrogen and oxygen atoms in total. The molecule has 0 heterocycles. The molecule has 28 N–H and O–H groups in total. The minimum absolute atomic E-state index is 0.00813. The molecular weight excluding hydrogens is 2340 g/mol.